The third-order valence-electron chi connectivity index (χ3n) is 4.90. The molecular weight excluding hydrogens is 380 g/mol. The molecule has 2 aromatic carbocycles. The standard InChI is InChI=1S/C22H28N6O2/c1-5-27(6-2)21(29)17-7-8-20-19(14-17)25-26-28(20)10-9-23-22(30)24-18-12-15(3)11-16(4)13-18/h7-8,11-14H,5-6,9-10H2,1-4H3,(H2,23,24,30). The second-order valence-corrected chi connectivity index (χ2v) is 7.25. The van der Waals surface area contributed by atoms with Crippen LogP contribution in [-0.2, 0) is 6.54 Å². The van der Waals surface area contributed by atoms with Crippen LogP contribution >= 0.6 is 0 Å². The molecule has 0 radical (unpaired) electrons. The zero-order valence-corrected chi connectivity index (χ0v) is 17.9. The second-order valence-electron chi connectivity index (χ2n) is 7.25. The Morgan fingerprint density at radius 1 is 1.03 bits per heavy atom. The van der Waals surface area contributed by atoms with Crippen LogP contribution in [0.4, 0.5) is 10.5 Å². The number of nitrogens with zero attached hydrogens (tertiary/aromatic N) is 4. The third-order valence-corrected chi connectivity index (χ3v) is 4.90. The van der Waals surface area contributed by atoms with Crippen LogP contribution in [0.5, 0.6) is 0 Å². The first-order chi connectivity index (χ1) is 14.4. The fraction of sp³-hybridized carbons (Fsp3) is 0.364. The van der Waals surface area contributed by atoms with Crippen molar-refractivity contribution in [3.63, 3.8) is 0 Å². The summed E-state index contributed by atoms with van der Waals surface area (Å²) >= 11 is 0. The molecule has 1 heterocycles. The van der Waals surface area contributed by atoms with E-state index in [9.17, 15) is 9.59 Å². The van der Waals surface area contributed by atoms with Crippen LogP contribution in [0, 0.1) is 13.8 Å². The van der Waals surface area contributed by atoms with E-state index in [2.05, 4.69) is 27.0 Å². The van der Waals surface area contributed by atoms with Crippen LogP contribution < -0.4 is 10.6 Å². The highest BCUT2D eigenvalue weighted by Crippen LogP contribution is 2.15. The van der Waals surface area contributed by atoms with Gasteiger partial charge in [0.15, 0.2) is 0 Å². The lowest BCUT2D eigenvalue weighted by Crippen LogP contribution is -2.31. The maximum atomic E-state index is 12.5. The minimum Gasteiger partial charge on any atom is -0.339 e. The van der Waals surface area contributed by atoms with E-state index >= 15 is 0 Å². The predicted octanol–water partition coefficient (Wildman–Crippen LogP) is 3.35. The first-order valence-corrected chi connectivity index (χ1v) is 10.2. The molecule has 0 saturated heterocycles. The summed E-state index contributed by atoms with van der Waals surface area (Å²) in [4.78, 5) is 26.4. The maximum Gasteiger partial charge on any atom is 0.319 e. The van der Waals surface area contributed by atoms with Crippen molar-refractivity contribution in [2.24, 2.45) is 0 Å². The van der Waals surface area contributed by atoms with Crippen molar-refractivity contribution in [1.29, 1.82) is 0 Å². The second kappa shape index (κ2) is 9.39. The molecule has 3 aromatic rings. The predicted molar refractivity (Wildman–Crippen MR) is 118 cm³/mol. The molecule has 0 saturated carbocycles. The van der Waals surface area contributed by atoms with Crippen molar-refractivity contribution < 1.29 is 9.59 Å². The molecule has 3 rings (SSSR count). The van der Waals surface area contributed by atoms with Crippen LogP contribution in [0.3, 0.4) is 0 Å². The van der Waals surface area contributed by atoms with Crippen LogP contribution in [0.15, 0.2) is 36.4 Å². The van der Waals surface area contributed by atoms with Gasteiger partial charge in [-0.15, -0.1) is 5.10 Å². The molecule has 30 heavy (non-hydrogen) atoms. The van der Waals surface area contributed by atoms with Crippen LogP contribution in [-0.4, -0.2) is 51.5 Å². The molecule has 0 fully saturated rings. The first-order valence-electron chi connectivity index (χ1n) is 10.2. The lowest BCUT2D eigenvalue weighted by atomic mass is 10.1. The van der Waals surface area contributed by atoms with E-state index < -0.39 is 0 Å². The van der Waals surface area contributed by atoms with Crippen molar-refractivity contribution in [2.75, 3.05) is 25.0 Å². The lowest BCUT2D eigenvalue weighted by molar-refractivity contribution is 0.0773. The fourth-order valence-corrected chi connectivity index (χ4v) is 3.46. The Morgan fingerprint density at radius 3 is 2.40 bits per heavy atom. The van der Waals surface area contributed by atoms with E-state index in [0.717, 1.165) is 22.3 Å². The summed E-state index contributed by atoms with van der Waals surface area (Å²) in [5, 5.41) is 14.0. The van der Waals surface area contributed by atoms with Crippen molar-refractivity contribution >= 4 is 28.7 Å². The maximum absolute atomic E-state index is 12.5. The summed E-state index contributed by atoms with van der Waals surface area (Å²) in [6, 6.07) is 11.0. The summed E-state index contributed by atoms with van der Waals surface area (Å²) in [5.74, 6) is -0.0128. The van der Waals surface area contributed by atoms with Gasteiger partial charge in [-0.1, -0.05) is 11.3 Å². The Bertz CT molecular complexity index is 1030. The molecular formula is C22H28N6O2. The minimum absolute atomic E-state index is 0.0128. The average molecular weight is 409 g/mol. The highest BCUT2D eigenvalue weighted by molar-refractivity contribution is 5.97. The number of fused-ring (bicyclic) bond motifs is 1. The quantitative estimate of drug-likeness (QED) is 0.627. The molecule has 1 aromatic heterocycles. The normalized spacial score (nSPS) is 10.8. The molecule has 0 spiro atoms. The van der Waals surface area contributed by atoms with E-state index in [1.54, 1.807) is 21.7 Å². The molecule has 3 amide bonds. The Kier molecular flexibility index (Phi) is 6.66. The smallest absolute Gasteiger partial charge is 0.319 e. The van der Waals surface area contributed by atoms with E-state index in [0.29, 0.717) is 37.3 Å². The number of urea groups is 1. The molecule has 2 N–H and O–H groups in total. The van der Waals surface area contributed by atoms with Crippen molar-refractivity contribution in [2.45, 2.75) is 34.2 Å². The monoisotopic (exact) mass is 408 g/mol. The van der Waals surface area contributed by atoms with Crippen LogP contribution in [0.1, 0.15) is 35.3 Å². The largest absolute Gasteiger partial charge is 0.339 e. The van der Waals surface area contributed by atoms with Gasteiger partial charge in [0.25, 0.3) is 5.91 Å². The zero-order valence-electron chi connectivity index (χ0n) is 17.9. The van der Waals surface area contributed by atoms with Gasteiger partial charge in [0.1, 0.15) is 5.52 Å². The van der Waals surface area contributed by atoms with Crippen LogP contribution in [0.2, 0.25) is 0 Å². The fourth-order valence-electron chi connectivity index (χ4n) is 3.46. The molecule has 0 atom stereocenters. The van der Waals surface area contributed by atoms with E-state index in [4.69, 9.17) is 0 Å². The van der Waals surface area contributed by atoms with Gasteiger partial charge in [-0.25, -0.2) is 9.48 Å². The zero-order chi connectivity index (χ0) is 21.7. The number of carbonyl (C=O) groups excluding carboxylic acids is 2. The average Bonchev–Trinajstić information content (AvgIpc) is 3.10. The van der Waals surface area contributed by atoms with Gasteiger partial charge in [-0.2, -0.15) is 0 Å². The highest BCUT2D eigenvalue weighted by Gasteiger charge is 2.14. The topological polar surface area (TPSA) is 92.2 Å². The summed E-state index contributed by atoms with van der Waals surface area (Å²) in [6.45, 7) is 10.1. The molecule has 8 nitrogen and oxygen atoms in total. The highest BCUT2D eigenvalue weighted by atomic mass is 16.2. The van der Waals surface area contributed by atoms with Gasteiger partial charge in [-0.3, -0.25) is 4.79 Å². The third kappa shape index (κ3) is 4.94. The van der Waals surface area contributed by atoms with Gasteiger partial charge in [0.05, 0.1) is 12.1 Å². The van der Waals surface area contributed by atoms with Crippen molar-refractivity contribution in [1.82, 2.24) is 25.2 Å². The molecule has 0 bridgehead atoms. The number of carbonyl (C=O) groups is 2. The number of rotatable bonds is 7. The summed E-state index contributed by atoms with van der Waals surface area (Å²) in [6.07, 6.45) is 0. The van der Waals surface area contributed by atoms with Crippen molar-refractivity contribution in [3.05, 3.63) is 53.1 Å². The molecule has 0 unspecified atom stereocenters. The van der Waals surface area contributed by atoms with Gasteiger partial charge in [0.2, 0.25) is 0 Å². The SMILES string of the molecule is CCN(CC)C(=O)c1ccc2c(c1)nnn2CCNC(=O)Nc1cc(C)cc(C)c1. The number of benzene rings is 2. The van der Waals surface area contributed by atoms with E-state index in [1.165, 1.54) is 0 Å². The van der Waals surface area contributed by atoms with Gasteiger partial charge in [-0.05, 0) is 69.2 Å². The molecule has 158 valence electrons. The van der Waals surface area contributed by atoms with Crippen molar-refractivity contribution in [3.8, 4) is 0 Å². The van der Waals surface area contributed by atoms with Crippen LogP contribution in [0.25, 0.3) is 11.0 Å². The lowest BCUT2D eigenvalue weighted by Gasteiger charge is -2.18. The number of anilines is 1. The Labute approximate surface area is 176 Å². The Morgan fingerprint density at radius 2 is 1.73 bits per heavy atom. The molecule has 8 heteroatoms. The van der Waals surface area contributed by atoms with Gasteiger partial charge in [0, 0.05) is 30.9 Å². The Balaban J connectivity index is 1.60. The summed E-state index contributed by atoms with van der Waals surface area (Å²) < 4.78 is 1.72. The Hall–Kier alpha value is -3.42. The number of amides is 3. The summed E-state index contributed by atoms with van der Waals surface area (Å²) in [5.41, 5.74) is 5.04. The van der Waals surface area contributed by atoms with Gasteiger partial charge < -0.3 is 15.5 Å². The number of hydrogen-bond acceptors (Lipinski definition) is 4. The molecule has 0 aliphatic heterocycles. The number of aryl methyl sites for hydroxylation is 2. The number of hydrogen-bond donors (Lipinski definition) is 2. The first kappa shape index (κ1) is 21.3. The number of nitrogens with one attached hydrogen (secondary N) is 2. The molecule has 0 aliphatic rings. The minimum atomic E-state index is -0.267. The summed E-state index contributed by atoms with van der Waals surface area (Å²) in [7, 11) is 0. The van der Waals surface area contributed by atoms with E-state index in [-0.39, 0.29) is 11.9 Å². The number of aromatic nitrogens is 3. The van der Waals surface area contributed by atoms with Gasteiger partial charge >= 0.3 is 6.03 Å². The van der Waals surface area contributed by atoms with E-state index in [1.807, 2.05) is 45.9 Å². The molecule has 0 aliphatic carbocycles.